The zero-order valence-electron chi connectivity index (χ0n) is 19.1. The number of carbonyl (C=O) groups excluding carboxylic acids is 2. The molecule has 2 aromatic carbocycles. The highest BCUT2D eigenvalue weighted by atomic mass is 16.5. The topological polar surface area (TPSA) is 78.6 Å². The van der Waals surface area contributed by atoms with Crippen molar-refractivity contribution in [2.45, 2.75) is 61.3 Å². The molecule has 5 nitrogen and oxygen atoms in total. The van der Waals surface area contributed by atoms with Crippen LogP contribution in [0.3, 0.4) is 0 Å². The smallest absolute Gasteiger partial charge is 0.316 e. The van der Waals surface area contributed by atoms with Gasteiger partial charge in [0.2, 0.25) is 0 Å². The lowest BCUT2D eigenvalue weighted by Gasteiger charge is -2.21. The van der Waals surface area contributed by atoms with Gasteiger partial charge < -0.3 is 15.2 Å². The van der Waals surface area contributed by atoms with E-state index in [1.165, 1.54) is 0 Å². The standard InChI is InChI=1S/C25H33NO4/c1-8-24(4,5)22(27)29-20-12-10-17(14-16(20)3)18-11-13-21(19(26)15-18)30-23(28)25(6,7)9-2/h10-15H,8-9,26H2,1-7H3. The molecule has 162 valence electrons. The third-order valence-electron chi connectivity index (χ3n) is 5.80. The molecule has 30 heavy (non-hydrogen) atoms. The van der Waals surface area contributed by atoms with Gasteiger partial charge in [-0.05, 0) is 88.4 Å². The molecule has 0 aliphatic rings. The highest BCUT2D eigenvalue weighted by Crippen LogP contribution is 2.33. The van der Waals surface area contributed by atoms with Crippen LogP contribution in [0.5, 0.6) is 11.5 Å². The first-order valence-corrected chi connectivity index (χ1v) is 10.4. The lowest BCUT2D eigenvalue weighted by molar-refractivity contribution is -0.144. The molecule has 2 N–H and O–H groups in total. The Morgan fingerprint density at radius 2 is 1.23 bits per heavy atom. The van der Waals surface area contributed by atoms with Crippen molar-refractivity contribution in [3.8, 4) is 22.6 Å². The quantitative estimate of drug-likeness (QED) is 0.347. The molecule has 0 saturated heterocycles. The minimum absolute atomic E-state index is 0.244. The monoisotopic (exact) mass is 411 g/mol. The van der Waals surface area contributed by atoms with Crippen LogP contribution in [0, 0.1) is 17.8 Å². The summed E-state index contributed by atoms with van der Waals surface area (Å²) in [6.45, 7) is 13.2. The van der Waals surface area contributed by atoms with E-state index >= 15 is 0 Å². The van der Waals surface area contributed by atoms with Crippen LogP contribution in [-0.2, 0) is 9.59 Å². The number of esters is 2. The molecule has 0 unspecified atom stereocenters. The molecule has 0 aliphatic carbocycles. The maximum atomic E-state index is 12.4. The zero-order chi connectivity index (χ0) is 22.7. The highest BCUT2D eigenvalue weighted by molar-refractivity contribution is 5.81. The van der Waals surface area contributed by atoms with E-state index in [0.717, 1.165) is 16.7 Å². The van der Waals surface area contributed by atoms with Crippen molar-refractivity contribution in [3.63, 3.8) is 0 Å². The molecule has 0 aliphatic heterocycles. The highest BCUT2D eigenvalue weighted by Gasteiger charge is 2.29. The number of nitrogens with two attached hydrogens (primary N) is 1. The average Bonchev–Trinajstić information content (AvgIpc) is 2.70. The van der Waals surface area contributed by atoms with Crippen LogP contribution in [-0.4, -0.2) is 11.9 Å². The number of carbonyl (C=O) groups is 2. The maximum absolute atomic E-state index is 12.4. The van der Waals surface area contributed by atoms with Crippen LogP contribution >= 0.6 is 0 Å². The molecule has 0 spiro atoms. The first kappa shape index (κ1) is 23.5. The zero-order valence-corrected chi connectivity index (χ0v) is 19.1. The summed E-state index contributed by atoms with van der Waals surface area (Å²) in [6.07, 6.45) is 1.38. The van der Waals surface area contributed by atoms with E-state index in [0.29, 0.717) is 30.0 Å². The summed E-state index contributed by atoms with van der Waals surface area (Å²) in [7, 11) is 0. The van der Waals surface area contributed by atoms with Crippen molar-refractivity contribution >= 4 is 17.6 Å². The van der Waals surface area contributed by atoms with Crippen molar-refractivity contribution in [2.24, 2.45) is 10.8 Å². The molecule has 0 bridgehead atoms. The molecule has 0 radical (unpaired) electrons. The van der Waals surface area contributed by atoms with Gasteiger partial charge in [-0.2, -0.15) is 0 Å². The molecule has 0 amide bonds. The third kappa shape index (κ3) is 5.21. The lowest BCUT2D eigenvalue weighted by atomic mass is 9.90. The molecule has 0 atom stereocenters. The predicted octanol–water partition coefficient (Wildman–Crippen LogP) is 5.93. The van der Waals surface area contributed by atoms with Gasteiger partial charge in [0.1, 0.15) is 5.75 Å². The fourth-order valence-corrected chi connectivity index (χ4v) is 2.53. The second-order valence-electron chi connectivity index (χ2n) is 8.99. The van der Waals surface area contributed by atoms with Gasteiger partial charge in [0.05, 0.1) is 16.5 Å². The van der Waals surface area contributed by atoms with Gasteiger partial charge in [-0.1, -0.05) is 26.0 Å². The third-order valence-corrected chi connectivity index (χ3v) is 5.80. The van der Waals surface area contributed by atoms with Gasteiger partial charge in [-0.3, -0.25) is 9.59 Å². The van der Waals surface area contributed by atoms with Gasteiger partial charge in [-0.15, -0.1) is 0 Å². The Kier molecular flexibility index (Phi) is 6.96. The van der Waals surface area contributed by atoms with Crippen LogP contribution in [0.25, 0.3) is 11.1 Å². The first-order chi connectivity index (χ1) is 13.9. The Bertz CT molecular complexity index is 867. The molecule has 2 rings (SSSR count). The second kappa shape index (κ2) is 8.90. The summed E-state index contributed by atoms with van der Waals surface area (Å²) in [5.41, 5.74) is 8.11. The van der Waals surface area contributed by atoms with Gasteiger partial charge >= 0.3 is 11.9 Å². The Morgan fingerprint density at radius 1 is 0.800 bits per heavy atom. The largest absolute Gasteiger partial charge is 0.426 e. The number of hydrogen-bond acceptors (Lipinski definition) is 5. The summed E-state index contributed by atoms with van der Waals surface area (Å²) in [4.78, 5) is 24.7. The molecule has 2 aromatic rings. The normalized spacial score (nSPS) is 11.8. The van der Waals surface area contributed by atoms with E-state index < -0.39 is 10.8 Å². The molecule has 0 fully saturated rings. The molecule has 5 heteroatoms. The Labute approximate surface area is 179 Å². The van der Waals surface area contributed by atoms with Crippen molar-refractivity contribution in [3.05, 3.63) is 42.0 Å². The van der Waals surface area contributed by atoms with Crippen LogP contribution < -0.4 is 15.2 Å². The SMILES string of the molecule is CCC(C)(C)C(=O)Oc1ccc(-c2ccc(OC(=O)C(C)(C)CC)c(N)c2)cc1C. The summed E-state index contributed by atoms with van der Waals surface area (Å²) in [6, 6.07) is 11.0. The van der Waals surface area contributed by atoms with E-state index in [1.807, 2.05) is 66.7 Å². The van der Waals surface area contributed by atoms with E-state index in [1.54, 1.807) is 18.2 Å². The number of hydrogen-bond donors (Lipinski definition) is 1. The van der Waals surface area contributed by atoms with E-state index in [4.69, 9.17) is 15.2 Å². The number of rotatable bonds is 7. The fourth-order valence-electron chi connectivity index (χ4n) is 2.53. The van der Waals surface area contributed by atoms with Crippen LogP contribution in [0.15, 0.2) is 36.4 Å². The Hall–Kier alpha value is -2.82. The van der Waals surface area contributed by atoms with E-state index in [-0.39, 0.29) is 11.9 Å². The number of nitrogen functional groups attached to an aromatic ring is 1. The Balaban J connectivity index is 2.22. The summed E-state index contributed by atoms with van der Waals surface area (Å²) in [5.74, 6) is 0.354. The van der Waals surface area contributed by atoms with Crippen molar-refractivity contribution < 1.29 is 19.1 Å². The molecule has 0 aromatic heterocycles. The summed E-state index contributed by atoms with van der Waals surface area (Å²) < 4.78 is 11.1. The van der Waals surface area contributed by atoms with Crippen molar-refractivity contribution in [1.82, 2.24) is 0 Å². The van der Waals surface area contributed by atoms with Gasteiger partial charge in [0.25, 0.3) is 0 Å². The number of ether oxygens (including phenoxy) is 2. The van der Waals surface area contributed by atoms with E-state index in [2.05, 4.69) is 0 Å². The minimum atomic E-state index is -0.568. The average molecular weight is 412 g/mol. The molecular formula is C25H33NO4. The molecule has 0 saturated carbocycles. The maximum Gasteiger partial charge on any atom is 0.316 e. The number of benzene rings is 2. The summed E-state index contributed by atoms with van der Waals surface area (Å²) in [5, 5.41) is 0. The van der Waals surface area contributed by atoms with Gasteiger partial charge in [0, 0.05) is 0 Å². The van der Waals surface area contributed by atoms with Gasteiger partial charge in [-0.25, -0.2) is 0 Å². The number of anilines is 1. The lowest BCUT2D eigenvalue weighted by Crippen LogP contribution is -2.28. The minimum Gasteiger partial charge on any atom is -0.426 e. The molecular weight excluding hydrogens is 378 g/mol. The Morgan fingerprint density at radius 3 is 1.67 bits per heavy atom. The summed E-state index contributed by atoms with van der Waals surface area (Å²) >= 11 is 0. The fraction of sp³-hybridized carbons (Fsp3) is 0.440. The van der Waals surface area contributed by atoms with Gasteiger partial charge in [0.15, 0.2) is 5.75 Å². The van der Waals surface area contributed by atoms with Crippen LogP contribution in [0.2, 0.25) is 0 Å². The van der Waals surface area contributed by atoms with Crippen molar-refractivity contribution in [2.75, 3.05) is 5.73 Å². The molecule has 0 heterocycles. The van der Waals surface area contributed by atoms with E-state index in [9.17, 15) is 9.59 Å². The van der Waals surface area contributed by atoms with Crippen LogP contribution in [0.1, 0.15) is 59.9 Å². The second-order valence-corrected chi connectivity index (χ2v) is 8.99. The predicted molar refractivity (Wildman–Crippen MR) is 120 cm³/mol. The van der Waals surface area contributed by atoms with Crippen molar-refractivity contribution in [1.29, 1.82) is 0 Å². The van der Waals surface area contributed by atoms with Crippen LogP contribution in [0.4, 0.5) is 5.69 Å². The first-order valence-electron chi connectivity index (χ1n) is 10.4. The number of aryl methyl sites for hydroxylation is 1.